The average Bonchev–Trinajstić information content (AvgIpc) is 2.34. The van der Waals surface area contributed by atoms with Gasteiger partial charge in [-0.1, -0.05) is 0 Å². The van der Waals surface area contributed by atoms with Gasteiger partial charge in [0.2, 0.25) is 0 Å². The van der Waals surface area contributed by atoms with Crippen LogP contribution in [0.15, 0.2) is 39.0 Å². The maximum atomic E-state index is 11.5. The first-order valence-electron chi connectivity index (χ1n) is 5.51. The molecule has 0 spiro atoms. The van der Waals surface area contributed by atoms with E-state index < -0.39 is 55.8 Å². The third kappa shape index (κ3) is 4.07. The van der Waals surface area contributed by atoms with E-state index in [1.165, 1.54) is 0 Å². The molecule has 2 aromatic rings. The normalized spacial score (nSPS) is 12.8. The van der Waals surface area contributed by atoms with Gasteiger partial charge < -0.3 is 5.73 Å². The second-order valence-electron chi connectivity index (χ2n) is 4.42. The molecule has 0 unspecified atom stereocenters. The molecule has 2 rings (SSSR count). The maximum absolute atomic E-state index is 11.5. The second-order valence-corrected chi connectivity index (χ2v) is 8.62. The monoisotopic (exact) mass is 407 g/mol. The fourth-order valence-corrected chi connectivity index (χ4v) is 4.05. The van der Waals surface area contributed by atoms with Gasteiger partial charge in [0, 0.05) is 16.5 Å². The molecule has 0 bridgehead atoms. The first kappa shape index (κ1) is 21.3. The summed E-state index contributed by atoms with van der Waals surface area (Å²) in [6.45, 7) is 0. The Labute approximate surface area is 159 Å². The van der Waals surface area contributed by atoms with Crippen LogP contribution >= 0.6 is 0 Å². The van der Waals surface area contributed by atoms with Crippen LogP contribution in [-0.2, 0) is 30.4 Å². The number of hydrogen-bond donors (Lipinski definition) is 4. The van der Waals surface area contributed by atoms with Crippen molar-refractivity contribution < 1.29 is 38.9 Å². The van der Waals surface area contributed by atoms with Crippen molar-refractivity contribution in [1.29, 1.82) is 0 Å². The van der Waals surface area contributed by atoms with Crippen LogP contribution in [0, 0.1) is 0 Å². The minimum atomic E-state index is -5.03. The molecule has 10 nitrogen and oxygen atoms in total. The van der Waals surface area contributed by atoms with Gasteiger partial charge in [0.05, 0.1) is 4.90 Å². The van der Waals surface area contributed by atoms with Crippen LogP contribution < -0.4 is 5.73 Å². The van der Waals surface area contributed by atoms with E-state index in [-0.39, 0.29) is 35.2 Å². The zero-order valence-electron chi connectivity index (χ0n) is 10.9. The molecule has 0 saturated carbocycles. The van der Waals surface area contributed by atoms with Crippen LogP contribution in [0.3, 0.4) is 0 Å². The van der Waals surface area contributed by atoms with E-state index in [2.05, 4.69) is 0 Å². The van der Waals surface area contributed by atoms with Crippen molar-refractivity contribution in [3.05, 3.63) is 24.3 Å². The number of fused-ring (bicyclic) bond motifs is 1. The number of anilines is 1. The molecule has 5 N–H and O–H groups in total. The number of rotatable bonds is 3. The van der Waals surface area contributed by atoms with Gasteiger partial charge in [-0.05, 0) is 24.3 Å². The molecule has 24 heavy (non-hydrogen) atoms. The minimum absolute atomic E-state index is 0. The molecule has 0 aromatic heterocycles. The predicted octanol–water partition coefficient (Wildman–Crippen LogP) is -0.486. The Kier molecular flexibility index (Phi) is 5.77. The van der Waals surface area contributed by atoms with Crippen LogP contribution in [0.25, 0.3) is 10.8 Å². The molecule has 0 heterocycles. The summed E-state index contributed by atoms with van der Waals surface area (Å²) in [7, 11) is -14.9. The van der Waals surface area contributed by atoms with Gasteiger partial charge in [0.25, 0.3) is 30.4 Å². The van der Waals surface area contributed by atoms with Crippen LogP contribution in [0.4, 0.5) is 5.69 Å². The van der Waals surface area contributed by atoms with E-state index in [0.29, 0.717) is 12.1 Å². The molecule has 0 aliphatic carbocycles. The summed E-state index contributed by atoms with van der Waals surface area (Å²) in [5.41, 5.74) is 5.26. The second kappa shape index (κ2) is 6.51. The molecule has 0 aliphatic heterocycles. The van der Waals surface area contributed by atoms with Gasteiger partial charge >= 0.3 is 29.6 Å². The number of nitrogen functional groups attached to an aromatic ring is 1. The zero-order chi connectivity index (χ0) is 17.8. The van der Waals surface area contributed by atoms with Gasteiger partial charge in [-0.15, -0.1) is 0 Å². The van der Waals surface area contributed by atoms with Crippen molar-refractivity contribution in [1.82, 2.24) is 0 Å². The Balaban J connectivity index is 0.00000288. The van der Waals surface area contributed by atoms with Crippen LogP contribution in [-0.4, -0.2) is 68.5 Å². The quantitative estimate of drug-likeness (QED) is 0.293. The molecule has 14 heteroatoms. The molecule has 0 radical (unpaired) electrons. The molecular formula is C10H10NNaO9S3. The summed E-state index contributed by atoms with van der Waals surface area (Å²) in [6.07, 6.45) is 0. The van der Waals surface area contributed by atoms with Crippen LogP contribution in [0.5, 0.6) is 0 Å². The average molecular weight is 407 g/mol. The van der Waals surface area contributed by atoms with Gasteiger partial charge in [0.1, 0.15) is 9.79 Å². The molecule has 0 aliphatic rings. The summed E-state index contributed by atoms with van der Waals surface area (Å²) in [5, 5.41) is -1.12. The Bertz CT molecular complexity index is 1140. The topological polar surface area (TPSA) is 189 Å². The Morgan fingerprint density at radius 2 is 1.25 bits per heavy atom. The van der Waals surface area contributed by atoms with Gasteiger partial charge in [-0.3, -0.25) is 13.7 Å². The van der Waals surface area contributed by atoms with Gasteiger partial charge in [0.15, 0.2) is 0 Å². The van der Waals surface area contributed by atoms with Crippen molar-refractivity contribution in [2.75, 3.05) is 5.73 Å². The summed E-state index contributed by atoms with van der Waals surface area (Å²) in [4.78, 5) is -2.89. The number of hydrogen-bond acceptors (Lipinski definition) is 7. The van der Waals surface area contributed by atoms with Crippen molar-refractivity contribution in [2.24, 2.45) is 0 Å². The van der Waals surface area contributed by atoms with E-state index in [1.807, 2.05) is 0 Å². The third-order valence-corrected chi connectivity index (χ3v) is 5.52. The Morgan fingerprint density at radius 3 is 1.67 bits per heavy atom. The SMILES string of the molecule is Nc1ccc(S(=O)(=O)O)c2cc(S(=O)(=O)O)cc(S(=O)(=O)O)c12.[NaH]. The van der Waals surface area contributed by atoms with E-state index in [4.69, 9.17) is 10.3 Å². The fraction of sp³-hybridized carbons (Fsp3) is 0. The zero-order valence-corrected chi connectivity index (χ0v) is 13.4. The van der Waals surface area contributed by atoms with Crippen molar-refractivity contribution in [3.8, 4) is 0 Å². The molecule has 0 atom stereocenters. The molecular weight excluding hydrogens is 397 g/mol. The Morgan fingerprint density at radius 1 is 0.750 bits per heavy atom. The van der Waals surface area contributed by atoms with Gasteiger partial charge in [-0.2, -0.15) is 25.3 Å². The van der Waals surface area contributed by atoms with Gasteiger partial charge in [-0.25, -0.2) is 0 Å². The van der Waals surface area contributed by atoms with E-state index in [9.17, 15) is 34.4 Å². The first-order valence-corrected chi connectivity index (χ1v) is 9.83. The predicted molar refractivity (Wildman–Crippen MR) is 85.0 cm³/mol. The molecule has 128 valence electrons. The molecule has 0 fully saturated rings. The molecule has 2 aromatic carbocycles. The summed E-state index contributed by atoms with van der Waals surface area (Å²) in [6, 6.07) is 2.79. The molecule has 0 saturated heterocycles. The standard InChI is InChI=1S/C10H9NO9S3.Na.H/c11-7-1-2-8(22(15,16)17)6-3-5(21(12,13)14)4-9(10(6)7)23(18,19)20;;/h1-4H,11H2,(H,12,13,14)(H,15,16,17)(H,18,19,20);;. The Hall–Kier alpha value is -0.770. The summed E-state index contributed by atoms with van der Waals surface area (Å²) >= 11 is 0. The summed E-state index contributed by atoms with van der Waals surface area (Å²) in [5.74, 6) is 0. The van der Waals surface area contributed by atoms with E-state index >= 15 is 0 Å². The number of nitrogens with two attached hydrogens (primary N) is 1. The summed E-state index contributed by atoms with van der Waals surface area (Å²) < 4.78 is 95.6. The van der Waals surface area contributed by atoms with Crippen molar-refractivity contribution in [3.63, 3.8) is 0 Å². The number of benzene rings is 2. The third-order valence-electron chi connectivity index (χ3n) is 2.90. The van der Waals surface area contributed by atoms with Crippen LogP contribution in [0.1, 0.15) is 0 Å². The molecule has 0 amide bonds. The van der Waals surface area contributed by atoms with E-state index in [0.717, 1.165) is 12.1 Å². The van der Waals surface area contributed by atoms with Crippen molar-refractivity contribution in [2.45, 2.75) is 14.7 Å². The van der Waals surface area contributed by atoms with Crippen molar-refractivity contribution >= 4 is 76.4 Å². The fourth-order valence-electron chi connectivity index (χ4n) is 2.00. The van der Waals surface area contributed by atoms with Crippen LogP contribution in [0.2, 0.25) is 0 Å². The first-order chi connectivity index (χ1) is 10.2. The van der Waals surface area contributed by atoms with E-state index in [1.54, 1.807) is 0 Å².